The van der Waals surface area contributed by atoms with Gasteiger partial charge < -0.3 is 0 Å². The van der Waals surface area contributed by atoms with Crippen LogP contribution >= 0.6 is 0 Å². The molecule has 0 aromatic rings. The van der Waals surface area contributed by atoms with Crippen LogP contribution < -0.4 is 0 Å². The van der Waals surface area contributed by atoms with Crippen molar-refractivity contribution in [2.75, 3.05) is 0 Å². The Morgan fingerprint density at radius 2 is 1.26 bits per heavy atom. The maximum Gasteiger partial charge on any atom is 0.278 e. The first-order valence-electron chi connectivity index (χ1n) is 7.77. The average molecular weight is 270 g/mol. The van der Waals surface area contributed by atoms with E-state index in [4.69, 9.17) is 0 Å². The van der Waals surface area contributed by atoms with Gasteiger partial charge in [-0.05, 0) is 6.42 Å². The highest BCUT2D eigenvalue weighted by Gasteiger charge is 1.92. The normalized spacial score (nSPS) is 9.84. The van der Waals surface area contributed by atoms with Crippen molar-refractivity contribution >= 4 is 0 Å². The van der Waals surface area contributed by atoms with Crippen LogP contribution in [0.25, 0.3) is 0 Å². The summed E-state index contributed by atoms with van der Waals surface area (Å²) in [5.74, 6) is 5.10. The summed E-state index contributed by atoms with van der Waals surface area (Å²) in [6.07, 6.45) is 14.0. The number of hydrogen-bond acceptors (Lipinski definition) is 0. The molecule has 0 aliphatic rings. The van der Waals surface area contributed by atoms with E-state index in [2.05, 4.69) is 18.8 Å². The van der Waals surface area contributed by atoms with Gasteiger partial charge in [0.25, 0.3) is 6.08 Å². The minimum Gasteiger partial charge on any atom is -0.173 e. The fourth-order valence-electron chi connectivity index (χ4n) is 2.06. The standard InChI is InChI=1S/C17H28F2/c1-2-3-4-5-6-7-8-9-10-11-12-13-14-15-16-17(18)19/h16H,2-13H2,1H3. The Labute approximate surface area is 117 Å². The Balaban J connectivity index is 3.10. The third-order valence-electron chi connectivity index (χ3n) is 3.19. The van der Waals surface area contributed by atoms with Gasteiger partial charge in [0.05, 0.1) is 6.08 Å². The van der Waals surface area contributed by atoms with Crippen LogP contribution in [0, 0.1) is 11.8 Å². The zero-order valence-corrected chi connectivity index (χ0v) is 12.3. The van der Waals surface area contributed by atoms with Crippen molar-refractivity contribution in [1.29, 1.82) is 0 Å². The van der Waals surface area contributed by atoms with Crippen LogP contribution in [0.1, 0.15) is 84.0 Å². The molecule has 0 bridgehead atoms. The van der Waals surface area contributed by atoms with Crippen LogP contribution in [-0.2, 0) is 0 Å². The second-order valence-electron chi connectivity index (χ2n) is 5.04. The average Bonchev–Trinajstić information content (AvgIpc) is 2.39. The summed E-state index contributed by atoms with van der Waals surface area (Å²) >= 11 is 0. The Kier molecular flexibility index (Phi) is 14.5. The molecule has 0 rings (SSSR count). The predicted octanol–water partition coefficient (Wildman–Crippen LogP) is 6.47. The summed E-state index contributed by atoms with van der Waals surface area (Å²) in [6.45, 7) is 2.24. The molecule has 0 spiro atoms. The van der Waals surface area contributed by atoms with Crippen molar-refractivity contribution in [2.45, 2.75) is 84.0 Å². The summed E-state index contributed by atoms with van der Waals surface area (Å²) in [5, 5.41) is 0. The number of rotatable bonds is 11. The van der Waals surface area contributed by atoms with Crippen LogP contribution in [0.3, 0.4) is 0 Å². The molecule has 0 fully saturated rings. The van der Waals surface area contributed by atoms with Gasteiger partial charge >= 0.3 is 0 Å². The highest BCUT2D eigenvalue weighted by Crippen LogP contribution is 2.11. The molecule has 0 atom stereocenters. The predicted molar refractivity (Wildman–Crippen MR) is 79.2 cm³/mol. The molecular formula is C17H28F2. The fraction of sp³-hybridized carbons (Fsp3) is 0.765. The van der Waals surface area contributed by atoms with Crippen molar-refractivity contribution < 1.29 is 8.78 Å². The van der Waals surface area contributed by atoms with Gasteiger partial charge in [-0.1, -0.05) is 83.0 Å². The van der Waals surface area contributed by atoms with Gasteiger partial charge in [0.15, 0.2) is 0 Å². The van der Waals surface area contributed by atoms with Gasteiger partial charge in [-0.3, -0.25) is 0 Å². The maximum absolute atomic E-state index is 11.6. The SMILES string of the molecule is CCCCCCCCCCCCCC#CC=C(F)F. The number of unbranched alkanes of at least 4 members (excludes halogenated alkanes) is 11. The Hall–Kier alpha value is -0.840. The van der Waals surface area contributed by atoms with Crippen molar-refractivity contribution in [3.05, 3.63) is 12.2 Å². The quantitative estimate of drug-likeness (QED) is 0.298. The van der Waals surface area contributed by atoms with Crippen molar-refractivity contribution in [3.8, 4) is 11.8 Å². The summed E-state index contributed by atoms with van der Waals surface area (Å²) in [6, 6.07) is 0. The van der Waals surface area contributed by atoms with Crippen LogP contribution in [0.4, 0.5) is 8.78 Å². The molecule has 19 heavy (non-hydrogen) atoms. The minimum atomic E-state index is -1.70. The molecule has 0 amide bonds. The second kappa shape index (κ2) is 15.2. The Bertz CT molecular complexity index is 267. The number of halogens is 2. The topological polar surface area (TPSA) is 0 Å². The van der Waals surface area contributed by atoms with E-state index in [1.165, 1.54) is 64.2 Å². The van der Waals surface area contributed by atoms with E-state index in [0.717, 1.165) is 12.8 Å². The lowest BCUT2D eigenvalue weighted by atomic mass is 10.1. The molecule has 0 nitrogen and oxygen atoms in total. The third-order valence-corrected chi connectivity index (χ3v) is 3.19. The van der Waals surface area contributed by atoms with E-state index in [-0.39, 0.29) is 0 Å². The van der Waals surface area contributed by atoms with Crippen LogP contribution in [-0.4, -0.2) is 0 Å². The van der Waals surface area contributed by atoms with Gasteiger partial charge in [0.2, 0.25) is 0 Å². The Morgan fingerprint density at radius 1 is 0.789 bits per heavy atom. The first-order valence-corrected chi connectivity index (χ1v) is 7.77. The summed E-state index contributed by atoms with van der Waals surface area (Å²) in [5.41, 5.74) is 0. The Morgan fingerprint density at radius 3 is 1.74 bits per heavy atom. The highest BCUT2D eigenvalue weighted by atomic mass is 19.3. The molecule has 0 heterocycles. The molecule has 0 aliphatic carbocycles. The summed E-state index contributed by atoms with van der Waals surface area (Å²) in [7, 11) is 0. The summed E-state index contributed by atoms with van der Waals surface area (Å²) < 4.78 is 23.3. The first-order chi connectivity index (χ1) is 9.27. The molecule has 0 aromatic carbocycles. The highest BCUT2D eigenvalue weighted by molar-refractivity contribution is 5.15. The van der Waals surface area contributed by atoms with E-state index in [0.29, 0.717) is 6.08 Å². The number of hydrogen-bond donors (Lipinski definition) is 0. The van der Waals surface area contributed by atoms with Crippen molar-refractivity contribution in [3.63, 3.8) is 0 Å². The minimum absolute atomic E-state index is 0.679. The van der Waals surface area contributed by atoms with Gasteiger partial charge in [-0.25, -0.2) is 0 Å². The molecule has 0 N–H and O–H groups in total. The maximum atomic E-state index is 11.6. The largest absolute Gasteiger partial charge is 0.278 e. The van der Waals surface area contributed by atoms with E-state index in [9.17, 15) is 8.78 Å². The lowest BCUT2D eigenvalue weighted by molar-refractivity contribution is 0.422. The molecule has 0 aliphatic heterocycles. The zero-order chi connectivity index (χ0) is 14.2. The lowest BCUT2D eigenvalue weighted by Gasteiger charge is -2.01. The molecule has 2 heteroatoms. The third kappa shape index (κ3) is 17.2. The van der Waals surface area contributed by atoms with Gasteiger partial charge in [0.1, 0.15) is 0 Å². The van der Waals surface area contributed by atoms with E-state index < -0.39 is 6.08 Å². The molecule has 0 saturated heterocycles. The molecular weight excluding hydrogens is 242 g/mol. The van der Waals surface area contributed by atoms with Crippen molar-refractivity contribution in [1.82, 2.24) is 0 Å². The van der Waals surface area contributed by atoms with E-state index in [1.807, 2.05) is 0 Å². The van der Waals surface area contributed by atoms with Crippen LogP contribution in [0.5, 0.6) is 0 Å². The van der Waals surface area contributed by atoms with Gasteiger partial charge in [-0.2, -0.15) is 8.78 Å². The smallest absolute Gasteiger partial charge is 0.173 e. The van der Waals surface area contributed by atoms with E-state index in [1.54, 1.807) is 0 Å². The van der Waals surface area contributed by atoms with Gasteiger partial charge in [-0.15, -0.1) is 0 Å². The molecule has 0 radical (unpaired) electrons. The first kappa shape index (κ1) is 18.2. The summed E-state index contributed by atoms with van der Waals surface area (Å²) in [4.78, 5) is 0. The number of allylic oxidation sites excluding steroid dienone is 1. The van der Waals surface area contributed by atoms with Gasteiger partial charge in [0, 0.05) is 6.42 Å². The van der Waals surface area contributed by atoms with Crippen LogP contribution in [0.2, 0.25) is 0 Å². The zero-order valence-electron chi connectivity index (χ0n) is 12.3. The fourth-order valence-corrected chi connectivity index (χ4v) is 2.06. The van der Waals surface area contributed by atoms with E-state index >= 15 is 0 Å². The molecule has 0 aromatic heterocycles. The molecule has 0 unspecified atom stereocenters. The van der Waals surface area contributed by atoms with Crippen LogP contribution in [0.15, 0.2) is 12.2 Å². The molecule has 110 valence electrons. The monoisotopic (exact) mass is 270 g/mol. The molecule has 0 saturated carbocycles. The lowest BCUT2D eigenvalue weighted by Crippen LogP contribution is -1.82. The van der Waals surface area contributed by atoms with Crippen molar-refractivity contribution in [2.24, 2.45) is 0 Å². The second-order valence-corrected chi connectivity index (χ2v) is 5.04.